The third-order valence-electron chi connectivity index (χ3n) is 3.00. The van der Waals surface area contributed by atoms with Crippen molar-refractivity contribution in [3.8, 4) is 0 Å². The van der Waals surface area contributed by atoms with Crippen molar-refractivity contribution in [2.24, 2.45) is 0 Å². The molecule has 22 heavy (non-hydrogen) atoms. The van der Waals surface area contributed by atoms with Crippen molar-refractivity contribution in [1.82, 2.24) is 19.6 Å². The van der Waals surface area contributed by atoms with Gasteiger partial charge in [-0.1, -0.05) is 15.9 Å². The molecular weight excluding hydrogens is 414 g/mol. The molecule has 2 heterocycles. The Morgan fingerprint density at radius 3 is 2.68 bits per heavy atom. The third-order valence-corrected chi connectivity index (χ3v) is 4.15. The number of fused-ring (bicyclic) bond motifs is 1. The Morgan fingerprint density at radius 1 is 1.18 bits per heavy atom. The second-order valence-corrected chi connectivity index (χ2v) is 6.53. The molecule has 0 bridgehead atoms. The Morgan fingerprint density at radius 2 is 1.95 bits per heavy atom. The number of aromatic nitrogens is 4. The van der Waals surface area contributed by atoms with Gasteiger partial charge < -0.3 is 5.32 Å². The van der Waals surface area contributed by atoms with E-state index in [1.54, 1.807) is 10.6 Å². The zero-order chi connectivity index (χ0) is 15.9. The molecule has 6 nitrogen and oxygen atoms in total. The average Bonchev–Trinajstić information content (AvgIpc) is 2.86. The number of benzene rings is 1. The fourth-order valence-corrected chi connectivity index (χ4v) is 3.18. The Labute approximate surface area is 143 Å². The molecule has 0 unspecified atom stereocenters. The van der Waals surface area contributed by atoms with E-state index in [2.05, 4.69) is 52.2 Å². The number of hydrogen-bond acceptors (Lipinski definition) is 4. The van der Waals surface area contributed by atoms with E-state index in [0.29, 0.717) is 11.5 Å². The number of nitrogens with one attached hydrogen (secondary N) is 1. The van der Waals surface area contributed by atoms with Gasteiger partial charge in [0.15, 0.2) is 0 Å². The predicted molar refractivity (Wildman–Crippen MR) is 90.1 cm³/mol. The first-order chi connectivity index (χ1) is 10.4. The summed E-state index contributed by atoms with van der Waals surface area (Å²) in [5, 5.41) is 6.98. The number of rotatable bonds is 2. The number of carbonyl (C=O) groups excluding carboxylic acids is 1. The highest BCUT2D eigenvalue weighted by Gasteiger charge is 2.16. The Balaban J connectivity index is 1.93. The normalized spacial score (nSPS) is 10.9. The van der Waals surface area contributed by atoms with Crippen LogP contribution in [0.2, 0.25) is 0 Å². The van der Waals surface area contributed by atoms with Gasteiger partial charge in [0.1, 0.15) is 0 Å². The minimum atomic E-state index is -0.384. The van der Waals surface area contributed by atoms with E-state index in [1.807, 2.05) is 32.0 Å². The van der Waals surface area contributed by atoms with Crippen molar-refractivity contribution in [1.29, 1.82) is 0 Å². The Kier molecular flexibility index (Phi) is 3.96. The SMILES string of the molecule is Cc1cc(C)n2nc(C(=O)Nc3ccc(Br)cc3Br)nc2n1. The zero-order valence-corrected chi connectivity index (χ0v) is 14.9. The lowest BCUT2D eigenvalue weighted by molar-refractivity contribution is 0.101. The highest BCUT2D eigenvalue weighted by Crippen LogP contribution is 2.26. The zero-order valence-electron chi connectivity index (χ0n) is 11.8. The van der Waals surface area contributed by atoms with Crippen LogP contribution in [0.15, 0.2) is 33.2 Å². The van der Waals surface area contributed by atoms with Gasteiger partial charge in [-0.2, -0.15) is 4.98 Å². The van der Waals surface area contributed by atoms with Gasteiger partial charge in [0.05, 0.1) is 5.69 Å². The number of aryl methyl sites for hydroxylation is 2. The molecule has 1 amide bonds. The van der Waals surface area contributed by atoms with E-state index in [1.165, 1.54) is 0 Å². The van der Waals surface area contributed by atoms with Crippen molar-refractivity contribution >= 4 is 49.2 Å². The molecule has 0 saturated carbocycles. The number of carbonyl (C=O) groups is 1. The number of amides is 1. The Hall–Kier alpha value is -1.80. The molecule has 112 valence electrons. The number of anilines is 1. The largest absolute Gasteiger partial charge is 0.318 e. The van der Waals surface area contributed by atoms with Crippen LogP contribution in [0.25, 0.3) is 5.78 Å². The van der Waals surface area contributed by atoms with Crippen molar-refractivity contribution in [3.63, 3.8) is 0 Å². The van der Waals surface area contributed by atoms with Gasteiger partial charge >= 0.3 is 0 Å². The predicted octanol–water partition coefficient (Wildman–Crippen LogP) is 3.52. The minimum absolute atomic E-state index is 0.0796. The first kappa shape index (κ1) is 15.1. The highest BCUT2D eigenvalue weighted by molar-refractivity contribution is 9.11. The van der Waals surface area contributed by atoms with Gasteiger partial charge in [0, 0.05) is 20.3 Å². The fraction of sp³-hybridized carbons (Fsp3) is 0.143. The second-order valence-electron chi connectivity index (χ2n) is 4.76. The van der Waals surface area contributed by atoms with Gasteiger partial charge in [-0.25, -0.2) is 9.50 Å². The van der Waals surface area contributed by atoms with Gasteiger partial charge in [0.2, 0.25) is 5.82 Å². The first-order valence-corrected chi connectivity index (χ1v) is 8.00. The molecule has 1 N–H and O–H groups in total. The van der Waals surface area contributed by atoms with Crippen LogP contribution < -0.4 is 5.32 Å². The van der Waals surface area contributed by atoms with E-state index < -0.39 is 0 Å². The molecule has 3 rings (SSSR count). The topological polar surface area (TPSA) is 72.2 Å². The number of nitrogens with zero attached hydrogens (tertiary/aromatic N) is 4. The van der Waals surface area contributed by atoms with E-state index in [4.69, 9.17) is 0 Å². The summed E-state index contributed by atoms with van der Waals surface area (Å²) in [4.78, 5) is 20.8. The summed E-state index contributed by atoms with van der Waals surface area (Å²) in [6.45, 7) is 3.77. The molecule has 0 aliphatic carbocycles. The summed E-state index contributed by atoms with van der Waals surface area (Å²) in [7, 11) is 0. The molecule has 0 radical (unpaired) electrons. The molecule has 0 atom stereocenters. The summed E-state index contributed by atoms with van der Waals surface area (Å²) < 4.78 is 3.24. The summed E-state index contributed by atoms with van der Waals surface area (Å²) in [6.07, 6.45) is 0. The van der Waals surface area contributed by atoms with Crippen molar-refractivity contribution < 1.29 is 4.79 Å². The molecule has 0 spiro atoms. The summed E-state index contributed by atoms with van der Waals surface area (Å²) in [5.74, 6) is 0.110. The second kappa shape index (κ2) is 5.77. The van der Waals surface area contributed by atoms with E-state index >= 15 is 0 Å². The van der Waals surface area contributed by atoms with Crippen LogP contribution in [0.3, 0.4) is 0 Å². The van der Waals surface area contributed by atoms with Gasteiger partial charge in [-0.15, -0.1) is 5.10 Å². The lowest BCUT2D eigenvalue weighted by atomic mass is 10.3. The maximum Gasteiger partial charge on any atom is 0.295 e. The van der Waals surface area contributed by atoms with Crippen molar-refractivity contribution in [2.75, 3.05) is 5.32 Å². The van der Waals surface area contributed by atoms with Crippen LogP contribution in [-0.4, -0.2) is 25.5 Å². The lowest BCUT2D eigenvalue weighted by Gasteiger charge is -2.05. The van der Waals surface area contributed by atoms with E-state index in [9.17, 15) is 4.79 Å². The van der Waals surface area contributed by atoms with Crippen LogP contribution in [0, 0.1) is 13.8 Å². The molecule has 0 saturated heterocycles. The highest BCUT2D eigenvalue weighted by atomic mass is 79.9. The van der Waals surface area contributed by atoms with Crippen LogP contribution >= 0.6 is 31.9 Å². The van der Waals surface area contributed by atoms with Gasteiger partial charge in [0.25, 0.3) is 11.7 Å². The summed E-state index contributed by atoms with van der Waals surface area (Å²) in [5.41, 5.74) is 2.35. The molecular formula is C14H11Br2N5O. The fourth-order valence-electron chi connectivity index (χ4n) is 2.03. The minimum Gasteiger partial charge on any atom is -0.318 e. The molecule has 0 fully saturated rings. The number of hydrogen-bond donors (Lipinski definition) is 1. The third kappa shape index (κ3) is 2.89. The monoisotopic (exact) mass is 423 g/mol. The van der Waals surface area contributed by atoms with E-state index in [-0.39, 0.29) is 11.7 Å². The molecule has 0 aliphatic rings. The van der Waals surface area contributed by atoms with Crippen LogP contribution in [0.4, 0.5) is 5.69 Å². The number of halogens is 2. The molecule has 8 heteroatoms. The standard InChI is InChI=1S/C14H11Br2N5O/c1-7-5-8(2)21-14(17-7)19-12(20-21)13(22)18-11-4-3-9(15)6-10(11)16/h3-6H,1-2H3,(H,18,22). The van der Waals surface area contributed by atoms with Gasteiger partial charge in [-0.3, -0.25) is 4.79 Å². The summed E-state index contributed by atoms with van der Waals surface area (Å²) >= 11 is 6.77. The van der Waals surface area contributed by atoms with E-state index in [0.717, 1.165) is 20.3 Å². The lowest BCUT2D eigenvalue weighted by Crippen LogP contribution is -2.14. The summed E-state index contributed by atoms with van der Waals surface area (Å²) in [6, 6.07) is 7.36. The maximum absolute atomic E-state index is 12.3. The molecule has 0 aliphatic heterocycles. The van der Waals surface area contributed by atoms with Crippen LogP contribution in [0.1, 0.15) is 22.0 Å². The molecule has 3 aromatic rings. The molecule has 2 aromatic heterocycles. The van der Waals surface area contributed by atoms with Crippen molar-refractivity contribution in [3.05, 3.63) is 50.4 Å². The van der Waals surface area contributed by atoms with Crippen molar-refractivity contribution in [2.45, 2.75) is 13.8 Å². The maximum atomic E-state index is 12.3. The molecule has 1 aromatic carbocycles. The quantitative estimate of drug-likeness (QED) is 0.683. The van der Waals surface area contributed by atoms with Crippen LogP contribution in [0.5, 0.6) is 0 Å². The average molecular weight is 425 g/mol. The first-order valence-electron chi connectivity index (χ1n) is 6.41. The van der Waals surface area contributed by atoms with Crippen LogP contribution in [-0.2, 0) is 0 Å². The Bertz CT molecular complexity index is 890. The van der Waals surface area contributed by atoms with Gasteiger partial charge in [-0.05, 0) is 54.0 Å². The smallest absolute Gasteiger partial charge is 0.295 e.